The molecule has 0 saturated carbocycles. The van der Waals surface area contributed by atoms with E-state index in [-0.39, 0.29) is 0 Å². The van der Waals surface area contributed by atoms with E-state index in [4.69, 9.17) is 22.1 Å². The van der Waals surface area contributed by atoms with Gasteiger partial charge in [0.2, 0.25) is 0 Å². The van der Waals surface area contributed by atoms with Crippen LogP contribution in [0, 0.1) is 0 Å². The molecule has 0 aliphatic rings. The van der Waals surface area contributed by atoms with Crippen LogP contribution in [-0.2, 0) is 0 Å². The molecule has 1 aromatic heterocycles. The van der Waals surface area contributed by atoms with Gasteiger partial charge < -0.3 is 10.5 Å². The summed E-state index contributed by atoms with van der Waals surface area (Å²) in [7, 11) is 1.62. The van der Waals surface area contributed by atoms with Crippen molar-refractivity contribution in [2.45, 2.75) is 0 Å². The van der Waals surface area contributed by atoms with Crippen LogP contribution >= 0.6 is 11.6 Å². The molecule has 2 aromatic rings. The molecule has 0 atom stereocenters. The second kappa shape index (κ2) is 4.41. The SMILES string of the molecule is COc1cccc(-c2ncc(N)cc2Cl)c1. The zero-order valence-corrected chi connectivity index (χ0v) is 9.53. The number of pyridine rings is 1. The van der Waals surface area contributed by atoms with Crippen molar-refractivity contribution in [3.8, 4) is 17.0 Å². The average molecular weight is 235 g/mol. The molecule has 2 N–H and O–H groups in total. The Morgan fingerprint density at radius 3 is 2.81 bits per heavy atom. The maximum absolute atomic E-state index is 6.08. The maximum Gasteiger partial charge on any atom is 0.119 e. The summed E-state index contributed by atoms with van der Waals surface area (Å²) < 4.78 is 5.14. The highest BCUT2D eigenvalue weighted by molar-refractivity contribution is 6.33. The minimum absolute atomic E-state index is 0.535. The van der Waals surface area contributed by atoms with Gasteiger partial charge in [0, 0.05) is 5.56 Å². The number of nitrogens with zero attached hydrogens (tertiary/aromatic N) is 1. The van der Waals surface area contributed by atoms with Crippen LogP contribution in [0.1, 0.15) is 0 Å². The summed E-state index contributed by atoms with van der Waals surface area (Å²) in [6.07, 6.45) is 1.58. The lowest BCUT2D eigenvalue weighted by molar-refractivity contribution is 0.415. The monoisotopic (exact) mass is 234 g/mol. The van der Waals surface area contributed by atoms with Gasteiger partial charge in [-0.1, -0.05) is 23.7 Å². The number of hydrogen-bond acceptors (Lipinski definition) is 3. The van der Waals surface area contributed by atoms with Crippen LogP contribution in [0.2, 0.25) is 5.02 Å². The molecule has 0 fully saturated rings. The number of aromatic nitrogens is 1. The van der Waals surface area contributed by atoms with Gasteiger partial charge in [0.1, 0.15) is 5.75 Å². The molecule has 82 valence electrons. The first-order valence-corrected chi connectivity index (χ1v) is 5.14. The van der Waals surface area contributed by atoms with Crippen molar-refractivity contribution in [2.24, 2.45) is 0 Å². The third-order valence-corrected chi connectivity index (χ3v) is 2.49. The van der Waals surface area contributed by atoms with Gasteiger partial charge in [-0.15, -0.1) is 0 Å². The lowest BCUT2D eigenvalue weighted by Gasteiger charge is -2.06. The molecule has 1 aromatic carbocycles. The number of nitrogens with two attached hydrogens (primary N) is 1. The molecule has 4 heteroatoms. The molecule has 0 amide bonds. The summed E-state index contributed by atoms with van der Waals surface area (Å²) in [6, 6.07) is 9.25. The minimum atomic E-state index is 0.535. The molecule has 0 aliphatic heterocycles. The van der Waals surface area contributed by atoms with Gasteiger partial charge in [0.25, 0.3) is 0 Å². The molecule has 0 aliphatic carbocycles. The van der Waals surface area contributed by atoms with E-state index in [1.165, 1.54) is 0 Å². The van der Waals surface area contributed by atoms with Gasteiger partial charge in [0.05, 0.1) is 29.7 Å². The van der Waals surface area contributed by atoms with Crippen molar-refractivity contribution in [3.05, 3.63) is 41.6 Å². The van der Waals surface area contributed by atoms with E-state index in [0.717, 1.165) is 11.3 Å². The van der Waals surface area contributed by atoms with Gasteiger partial charge in [-0.2, -0.15) is 0 Å². The number of methoxy groups -OCH3 is 1. The van der Waals surface area contributed by atoms with Crippen molar-refractivity contribution >= 4 is 17.3 Å². The Morgan fingerprint density at radius 1 is 1.31 bits per heavy atom. The highest BCUT2D eigenvalue weighted by atomic mass is 35.5. The highest BCUT2D eigenvalue weighted by Crippen LogP contribution is 2.29. The van der Waals surface area contributed by atoms with Gasteiger partial charge >= 0.3 is 0 Å². The quantitative estimate of drug-likeness (QED) is 0.869. The Bertz CT molecular complexity index is 514. The Morgan fingerprint density at radius 2 is 2.12 bits per heavy atom. The molecular weight excluding hydrogens is 224 g/mol. The molecule has 0 radical (unpaired) electrons. The summed E-state index contributed by atoms with van der Waals surface area (Å²) >= 11 is 6.08. The van der Waals surface area contributed by atoms with Gasteiger partial charge in [-0.3, -0.25) is 4.98 Å². The van der Waals surface area contributed by atoms with E-state index < -0.39 is 0 Å². The van der Waals surface area contributed by atoms with E-state index in [0.29, 0.717) is 16.4 Å². The predicted molar refractivity (Wildman–Crippen MR) is 65.6 cm³/mol. The lowest BCUT2D eigenvalue weighted by atomic mass is 10.1. The molecule has 0 bridgehead atoms. The van der Waals surface area contributed by atoms with Crippen molar-refractivity contribution < 1.29 is 4.74 Å². The molecule has 1 heterocycles. The first kappa shape index (κ1) is 10.8. The summed E-state index contributed by atoms with van der Waals surface area (Å²) in [5.41, 5.74) is 7.75. The molecule has 0 spiro atoms. The van der Waals surface area contributed by atoms with Gasteiger partial charge in [-0.25, -0.2) is 0 Å². The van der Waals surface area contributed by atoms with Crippen LogP contribution in [0.3, 0.4) is 0 Å². The van der Waals surface area contributed by atoms with E-state index in [9.17, 15) is 0 Å². The Balaban J connectivity index is 2.49. The smallest absolute Gasteiger partial charge is 0.119 e. The normalized spacial score (nSPS) is 10.1. The number of ether oxygens (including phenoxy) is 1. The van der Waals surface area contributed by atoms with E-state index >= 15 is 0 Å². The van der Waals surface area contributed by atoms with Crippen molar-refractivity contribution in [1.29, 1.82) is 0 Å². The Hall–Kier alpha value is -1.74. The number of halogens is 1. The van der Waals surface area contributed by atoms with E-state index in [2.05, 4.69) is 4.98 Å². The summed E-state index contributed by atoms with van der Waals surface area (Å²) in [5, 5.41) is 0.535. The van der Waals surface area contributed by atoms with Gasteiger partial charge in [-0.05, 0) is 18.2 Å². The maximum atomic E-state index is 6.08. The number of hydrogen-bond donors (Lipinski definition) is 1. The predicted octanol–water partition coefficient (Wildman–Crippen LogP) is 2.99. The molecular formula is C12H11ClN2O. The highest BCUT2D eigenvalue weighted by Gasteiger charge is 2.06. The van der Waals surface area contributed by atoms with E-state index in [1.807, 2.05) is 24.3 Å². The van der Waals surface area contributed by atoms with Crippen LogP contribution in [-0.4, -0.2) is 12.1 Å². The van der Waals surface area contributed by atoms with Crippen LogP contribution in [0.5, 0.6) is 5.75 Å². The zero-order valence-electron chi connectivity index (χ0n) is 8.77. The standard InChI is InChI=1S/C12H11ClN2O/c1-16-10-4-2-3-8(5-10)12-11(13)6-9(14)7-15-12/h2-7H,14H2,1H3. The Labute approximate surface area is 98.8 Å². The second-order valence-corrected chi connectivity index (χ2v) is 3.74. The van der Waals surface area contributed by atoms with Crippen LogP contribution in [0.25, 0.3) is 11.3 Å². The van der Waals surface area contributed by atoms with Gasteiger partial charge in [0.15, 0.2) is 0 Å². The third-order valence-electron chi connectivity index (χ3n) is 2.21. The number of anilines is 1. The topological polar surface area (TPSA) is 48.1 Å². The van der Waals surface area contributed by atoms with Crippen LogP contribution < -0.4 is 10.5 Å². The fourth-order valence-electron chi connectivity index (χ4n) is 1.44. The van der Waals surface area contributed by atoms with Crippen LogP contribution in [0.4, 0.5) is 5.69 Å². The fourth-order valence-corrected chi connectivity index (χ4v) is 1.72. The Kier molecular flexibility index (Phi) is 2.97. The zero-order chi connectivity index (χ0) is 11.5. The summed E-state index contributed by atoms with van der Waals surface area (Å²) in [6.45, 7) is 0. The molecule has 2 rings (SSSR count). The lowest BCUT2D eigenvalue weighted by Crippen LogP contribution is -1.91. The first-order chi connectivity index (χ1) is 7.70. The summed E-state index contributed by atoms with van der Waals surface area (Å²) in [4.78, 5) is 4.21. The first-order valence-electron chi connectivity index (χ1n) is 4.76. The number of rotatable bonds is 2. The largest absolute Gasteiger partial charge is 0.497 e. The van der Waals surface area contributed by atoms with Crippen molar-refractivity contribution in [2.75, 3.05) is 12.8 Å². The molecule has 0 saturated heterocycles. The average Bonchev–Trinajstić information content (AvgIpc) is 2.29. The fraction of sp³-hybridized carbons (Fsp3) is 0.0833. The second-order valence-electron chi connectivity index (χ2n) is 3.33. The number of nitrogen functional groups attached to an aromatic ring is 1. The summed E-state index contributed by atoms with van der Waals surface area (Å²) in [5.74, 6) is 0.771. The minimum Gasteiger partial charge on any atom is -0.497 e. The number of benzene rings is 1. The molecule has 0 unspecified atom stereocenters. The molecule has 16 heavy (non-hydrogen) atoms. The van der Waals surface area contributed by atoms with Crippen molar-refractivity contribution in [1.82, 2.24) is 4.98 Å². The van der Waals surface area contributed by atoms with E-state index in [1.54, 1.807) is 19.4 Å². The third kappa shape index (κ3) is 2.09. The van der Waals surface area contributed by atoms with Crippen molar-refractivity contribution in [3.63, 3.8) is 0 Å². The van der Waals surface area contributed by atoms with Crippen LogP contribution in [0.15, 0.2) is 36.5 Å². The molecule has 3 nitrogen and oxygen atoms in total.